The van der Waals surface area contributed by atoms with Crippen LogP contribution in [-0.2, 0) is 21.5 Å². The van der Waals surface area contributed by atoms with Gasteiger partial charge >= 0.3 is 0 Å². The van der Waals surface area contributed by atoms with E-state index in [1.54, 1.807) is 21.3 Å². The quantitative estimate of drug-likeness (QED) is 0.851. The molecule has 1 unspecified atom stereocenters. The zero-order valence-corrected chi connectivity index (χ0v) is 14.4. The minimum Gasteiger partial charge on any atom is -0.493 e. The summed E-state index contributed by atoms with van der Waals surface area (Å²) in [5.41, 5.74) is 2.25. The summed E-state index contributed by atoms with van der Waals surface area (Å²) in [5, 5.41) is 0. The van der Waals surface area contributed by atoms with E-state index in [0.29, 0.717) is 18.1 Å². The van der Waals surface area contributed by atoms with Crippen molar-refractivity contribution in [1.29, 1.82) is 0 Å². The molecule has 1 aromatic rings. The molecule has 5 nitrogen and oxygen atoms in total. The lowest BCUT2D eigenvalue weighted by Gasteiger charge is -2.47. The van der Waals surface area contributed by atoms with E-state index in [9.17, 15) is 4.79 Å². The maximum atomic E-state index is 12.3. The van der Waals surface area contributed by atoms with Crippen molar-refractivity contribution < 1.29 is 19.0 Å². The van der Waals surface area contributed by atoms with Gasteiger partial charge in [-0.3, -0.25) is 9.69 Å². The first kappa shape index (κ1) is 15.5. The Morgan fingerprint density at radius 3 is 2.54 bits per heavy atom. The number of carbonyl (C=O) groups is 1. The maximum absolute atomic E-state index is 12.3. The van der Waals surface area contributed by atoms with Gasteiger partial charge in [-0.15, -0.1) is 0 Å². The molecule has 3 aliphatic rings. The van der Waals surface area contributed by atoms with E-state index in [1.807, 2.05) is 0 Å². The number of Topliss-reactive ketones (excluding diaryl/α,β-unsaturated/α-hetero) is 1. The smallest absolute Gasteiger partial charge is 0.197 e. The second-order valence-corrected chi connectivity index (χ2v) is 6.75. The van der Waals surface area contributed by atoms with Crippen LogP contribution in [0.4, 0.5) is 0 Å². The Morgan fingerprint density at radius 1 is 1.08 bits per heavy atom. The highest BCUT2D eigenvalue weighted by Crippen LogP contribution is 2.54. The van der Waals surface area contributed by atoms with Crippen LogP contribution in [0.2, 0.25) is 0 Å². The number of benzene rings is 1. The molecular formula is C19H23NO4. The van der Waals surface area contributed by atoms with Crippen LogP contribution >= 0.6 is 0 Å². The molecule has 2 heterocycles. The molecule has 0 aromatic heterocycles. The lowest BCUT2D eigenvalue weighted by molar-refractivity contribution is -0.121. The number of carbonyl (C=O) groups excluding carboxylic acids is 1. The fraction of sp³-hybridized carbons (Fsp3) is 0.526. The molecule has 1 saturated heterocycles. The number of allylic oxidation sites excluding steroid dienone is 1. The summed E-state index contributed by atoms with van der Waals surface area (Å²) in [7, 11) is 4.91. The first-order chi connectivity index (χ1) is 11.6. The van der Waals surface area contributed by atoms with E-state index in [4.69, 9.17) is 14.2 Å². The third-order valence-electron chi connectivity index (χ3n) is 5.86. The zero-order chi connectivity index (χ0) is 16.9. The molecule has 2 aliphatic heterocycles. The number of nitrogens with zero attached hydrogens (tertiary/aromatic N) is 1. The van der Waals surface area contributed by atoms with Crippen LogP contribution in [0.3, 0.4) is 0 Å². The van der Waals surface area contributed by atoms with Crippen molar-refractivity contribution in [1.82, 2.24) is 4.90 Å². The van der Waals surface area contributed by atoms with Crippen LogP contribution < -0.4 is 9.47 Å². The third-order valence-corrected chi connectivity index (χ3v) is 5.86. The van der Waals surface area contributed by atoms with Gasteiger partial charge in [0.1, 0.15) is 0 Å². The lowest BCUT2D eigenvalue weighted by atomic mass is 9.69. The van der Waals surface area contributed by atoms with Gasteiger partial charge in [0.05, 0.1) is 26.9 Å². The van der Waals surface area contributed by atoms with Crippen LogP contribution in [0.1, 0.15) is 24.0 Å². The predicted octanol–water partition coefficient (Wildman–Crippen LogP) is 2.28. The molecule has 5 heteroatoms. The number of ketones is 1. The van der Waals surface area contributed by atoms with Crippen molar-refractivity contribution in [3.8, 4) is 11.5 Å². The number of methoxy groups -OCH3 is 3. The molecule has 1 aromatic carbocycles. The summed E-state index contributed by atoms with van der Waals surface area (Å²) >= 11 is 0. The van der Waals surface area contributed by atoms with Gasteiger partial charge in [-0.2, -0.15) is 0 Å². The van der Waals surface area contributed by atoms with E-state index in [2.05, 4.69) is 23.1 Å². The van der Waals surface area contributed by atoms with Crippen molar-refractivity contribution >= 4 is 5.78 Å². The summed E-state index contributed by atoms with van der Waals surface area (Å²) in [4.78, 5) is 14.8. The third kappa shape index (κ3) is 1.94. The standard InChI is InChI=1S/C19H23NO4/c1-22-16-8-12-4-6-20-7-5-13-9-15(21)18(24-3)11-19(13,20)14(12)10-17(16)23-2/h8,10-11,13H,4-7,9H2,1-3H3/t13?,19-/m0/s1. The average molecular weight is 329 g/mol. The van der Waals surface area contributed by atoms with Crippen LogP contribution in [0.15, 0.2) is 24.0 Å². The number of hydrogen-bond donors (Lipinski definition) is 0. The topological polar surface area (TPSA) is 48.0 Å². The molecule has 2 atom stereocenters. The molecule has 0 radical (unpaired) electrons. The highest BCUT2D eigenvalue weighted by molar-refractivity contribution is 5.95. The molecule has 0 saturated carbocycles. The average Bonchev–Trinajstić information content (AvgIpc) is 2.98. The van der Waals surface area contributed by atoms with Crippen LogP contribution in [0, 0.1) is 5.92 Å². The van der Waals surface area contributed by atoms with Crippen molar-refractivity contribution in [2.24, 2.45) is 5.92 Å². The minimum absolute atomic E-state index is 0.113. The molecule has 1 aliphatic carbocycles. The number of hydrogen-bond acceptors (Lipinski definition) is 5. The molecule has 0 N–H and O–H groups in total. The molecule has 1 fully saturated rings. The molecular weight excluding hydrogens is 306 g/mol. The molecule has 0 bridgehead atoms. The predicted molar refractivity (Wildman–Crippen MR) is 89.3 cm³/mol. The summed E-state index contributed by atoms with van der Waals surface area (Å²) in [6.07, 6.45) is 4.62. The van der Waals surface area contributed by atoms with E-state index in [1.165, 1.54) is 11.1 Å². The van der Waals surface area contributed by atoms with Crippen molar-refractivity contribution in [2.45, 2.75) is 24.8 Å². The van der Waals surface area contributed by atoms with Crippen molar-refractivity contribution in [2.75, 3.05) is 34.4 Å². The van der Waals surface area contributed by atoms with Gasteiger partial charge in [-0.25, -0.2) is 0 Å². The first-order valence-electron chi connectivity index (χ1n) is 8.44. The van der Waals surface area contributed by atoms with Crippen LogP contribution in [0.25, 0.3) is 0 Å². The number of ether oxygens (including phenoxy) is 3. The number of fused-ring (bicyclic) bond motifs is 1. The second kappa shape index (κ2) is 5.52. The van der Waals surface area contributed by atoms with Gasteiger partial charge in [0.25, 0.3) is 0 Å². The van der Waals surface area contributed by atoms with E-state index in [0.717, 1.165) is 37.4 Å². The highest BCUT2D eigenvalue weighted by Gasteiger charge is 2.54. The molecule has 4 rings (SSSR count). The van der Waals surface area contributed by atoms with Gasteiger partial charge in [-0.1, -0.05) is 0 Å². The monoisotopic (exact) mass is 329 g/mol. The fourth-order valence-corrected chi connectivity index (χ4v) is 4.74. The lowest BCUT2D eigenvalue weighted by Crippen LogP contribution is -2.50. The van der Waals surface area contributed by atoms with Gasteiger partial charge in [0, 0.05) is 13.0 Å². The number of rotatable bonds is 3. The summed E-state index contributed by atoms with van der Waals surface area (Å²) in [6.45, 7) is 2.00. The highest BCUT2D eigenvalue weighted by atomic mass is 16.5. The Labute approximate surface area is 142 Å². The Bertz CT molecular complexity index is 726. The SMILES string of the molecule is COC1=C[C@]23c4cc(OC)c(OC)cc4CCN2CCC3CC1=O. The molecule has 24 heavy (non-hydrogen) atoms. The summed E-state index contributed by atoms with van der Waals surface area (Å²) < 4.78 is 16.4. The van der Waals surface area contributed by atoms with Crippen LogP contribution in [-0.4, -0.2) is 45.1 Å². The van der Waals surface area contributed by atoms with E-state index < -0.39 is 0 Å². The molecule has 0 amide bonds. The van der Waals surface area contributed by atoms with Gasteiger partial charge in [-0.05, 0) is 54.6 Å². The fourth-order valence-electron chi connectivity index (χ4n) is 4.74. The van der Waals surface area contributed by atoms with Gasteiger partial charge in [0.15, 0.2) is 23.0 Å². The minimum atomic E-state index is -0.258. The Hall–Kier alpha value is -2.01. The molecule has 1 spiro atoms. The van der Waals surface area contributed by atoms with Crippen molar-refractivity contribution in [3.05, 3.63) is 35.1 Å². The zero-order valence-electron chi connectivity index (χ0n) is 14.4. The molecule has 128 valence electrons. The summed E-state index contributed by atoms with van der Waals surface area (Å²) in [6, 6.07) is 4.19. The van der Waals surface area contributed by atoms with Gasteiger partial charge < -0.3 is 14.2 Å². The largest absolute Gasteiger partial charge is 0.493 e. The Kier molecular flexibility index (Phi) is 3.57. The second-order valence-electron chi connectivity index (χ2n) is 6.75. The van der Waals surface area contributed by atoms with E-state index >= 15 is 0 Å². The Balaban J connectivity index is 1.95. The van der Waals surface area contributed by atoms with E-state index in [-0.39, 0.29) is 11.3 Å². The first-order valence-corrected chi connectivity index (χ1v) is 8.44. The van der Waals surface area contributed by atoms with Gasteiger partial charge in [0.2, 0.25) is 0 Å². The maximum Gasteiger partial charge on any atom is 0.197 e. The normalized spacial score (nSPS) is 28.5. The van der Waals surface area contributed by atoms with Crippen LogP contribution in [0.5, 0.6) is 11.5 Å². The van der Waals surface area contributed by atoms with Crippen molar-refractivity contribution in [3.63, 3.8) is 0 Å². The Morgan fingerprint density at radius 2 is 1.83 bits per heavy atom. The summed E-state index contributed by atoms with van der Waals surface area (Å²) in [5.74, 6) is 2.39.